The zero-order chi connectivity index (χ0) is 15.4. The summed E-state index contributed by atoms with van der Waals surface area (Å²) < 4.78 is 0. The maximum Gasteiger partial charge on any atom is 0.300 e. The second kappa shape index (κ2) is 6.51. The predicted molar refractivity (Wildman–Crippen MR) is 79.3 cm³/mol. The summed E-state index contributed by atoms with van der Waals surface area (Å²) in [6.07, 6.45) is 4.51. The van der Waals surface area contributed by atoms with Crippen molar-refractivity contribution in [1.82, 2.24) is 10.3 Å². The van der Waals surface area contributed by atoms with Gasteiger partial charge in [-0.1, -0.05) is 6.42 Å². The van der Waals surface area contributed by atoms with Gasteiger partial charge in [0.05, 0.1) is 4.92 Å². The predicted octanol–water partition coefficient (Wildman–Crippen LogP) is 2.34. The first-order valence-corrected chi connectivity index (χ1v) is 7.22. The maximum absolute atomic E-state index is 12.3. The number of hydrogen-bond acceptors (Lipinski definition) is 5. The lowest BCUT2D eigenvalue weighted by atomic mass is 9.80. The van der Waals surface area contributed by atoms with Gasteiger partial charge in [-0.2, -0.15) is 0 Å². The Morgan fingerprint density at radius 3 is 2.81 bits per heavy atom. The fourth-order valence-electron chi connectivity index (χ4n) is 2.40. The Hall–Kier alpha value is -2.18. The highest BCUT2D eigenvalue weighted by Gasteiger charge is 2.28. The molecule has 1 fully saturated rings. The van der Waals surface area contributed by atoms with E-state index in [-0.39, 0.29) is 17.3 Å². The first-order valence-electron chi connectivity index (χ1n) is 7.22. The van der Waals surface area contributed by atoms with Crippen molar-refractivity contribution in [2.24, 2.45) is 5.92 Å². The molecule has 1 amide bonds. The molecular formula is C14H20N4O3. The molecule has 0 aliphatic heterocycles. The zero-order valence-electron chi connectivity index (χ0n) is 12.3. The Morgan fingerprint density at radius 2 is 2.29 bits per heavy atom. The number of carbonyl (C=O) groups excluding carboxylic acids is 1. The summed E-state index contributed by atoms with van der Waals surface area (Å²) in [4.78, 5) is 26.7. The summed E-state index contributed by atoms with van der Waals surface area (Å²) in [6, 6.07) is 1.46. The van der Waals surface area contributed by atoms with Crippen molar-refractivity contribution < 1.29 is 9.72 Å². The van der Waals surface area contributed by atoms with Crippen molar-refractivity contribution in [1.29, 1.82) is 0 Å². The lowest BCUT2D eigenvalue weighted by Crippen LogP contribution is -2.40. The van der Waals surface area contributed by atoms with E-state index in [9.17, 15) is 14.9 Å². The second-order valence-corrected chi connectivity index (χ2v) is 5.33. The molecule has 114 valence electrons. The molecule has 7 heteroatoms. The standard InChI is InChI=1S/C14H20N4O3/c1-3-15-13-7-11(12(8-16-13)18(20)21)14(19)17-9(2)10-5-4-6-10/h7-10H,3-6H2,1-2H3,(H,15,16)(H,17,19). The molecule has 2 rings (SSSR count). The Kier molecular flexibility index (Phi) is 4.72. The third kappa shape index (κ3) is 3.48. The van der Waals surface area contributed by atoms with Crippen molar-refractivity contribution in [2.75, 3.05) is 11.9 Å². The first-order chi connectivity index (χ1) is 10.0. The van der Waals surface area contributed by atoms with Gasteiger partial charge < -0.3 is 10.6 Å². The van der Waals surface area contributed by atoms with Gasteiger partial charge in [-0.25, -0.2) is 4.98 Å². The lowest BCUT2D eigenvalue weighted by Gasteiger charge is -2.31. The summed E-state index contributed by atoms with van der Waals surface area (Å²) in [7, 11) is 0. The Labute approximate surface area is 123 Å². The van der Waals surface area contributed by atoms with Gasteiger partial charge in [-0.15, -0.1) is 0 Å². The van der Waals surface area contributed by atoms with E-state index in [1.165, 1.54) is 12.5 Å². The van der Waals surface area contributed by atoms with Gasteiger partial charge in [0, 0.05) is 18.7 Å². The van der Waals surface area contributed by atoms with Crippen molar-refractivity contribution in [3.8, 4) is 0 Å². The highest BCUT2D eigenvalue weighted by atomic mass is 16.6. The lowest BCUT2D eigenvalue weighted by molar-refractivity contribution is -0.385. The minimum Gasteiger partial charge on any atom is -0.370 e. The first kappa shape index (κ1) is 15.2. The highest BCUT2D eigenvalue weighted by Crippen LogP contribution is 2.30. The van der Waals surface area contributed by atoms with Crippen LogP contribution in [0.15, 0.2) is 12.3 Å². The van der Waals surface area contributed by atoms with Crippen LogP contribution in [0.25, 0.3) is 0 Å². The molecule has 1 aliphatic rings. The molecule has 0 bridgehead atoms. The van der Waals surface area contributed by atoms with E-state index in [1.807, 2.05) is 13.8 Å². The molecule has 1 saturated carbocycles. The number of carbonyl (C=O) groups is 1. The maximum atomic E-state index is 12.3. The molecule has 21 heavy (non-hydrogen) atoms. The quantitative estimate of drug-likeness (QED) is 0.619. The molecule has 0 saturated heterocycles. The summed E-state index contributed by atoms with van der Waals surface area (Å²) in [6.45, 7) is 4.46. The Bertz CT molecular complexity index is 543. The highest BCUT2D eigenvalue weighted by molar-refractivity contribution is 5.98. The van der Waals surface area contributed by atoms with E-state index in [0.717, 1.165) is 19.0 Å². The third-order valence-electron chi connectivity index (χ3n) is 3.90. The molecule has 0 radical (unpaired) electrons. The SMILES string of the molecule is CCNc1cc(C(=O)NC(C)C2CCC2)c([N+](=O)[O-])cn1. The molecule has 1 atom stereocenters. The number of amides is 1. The van der Waals surface area contributed by atoms with Crippen molar-refractivity contribution in [3.63, 3.8) is 0 Å². The van der Waals surface area contributed by atoms with Crippen LogP contribution < -0.4 is 10.6 Å². The molecule has 1 aliphatic carbocycles. The fraction of sp³-hybridized carbons (Fsp3) is 0.571. The van der Waals surface area contributed by atoms with Crippen molar-refractivity contribution >= 4 is 17.4 Å². The van der Waals surface area contributed by atoms with E-state index < -0.39 is 10.8 Å². The van der Waals surface area contributed by atoms with E-state index >= 15 is 0 Å². The third-order valence-corrected chi connectivity index (χ3v) is 3.90. The number of anilines is 1. The number of hydrogen-bond donors (Lipinski definition) is 2. The molecular weight excluding hydrogens is 272 g/mol. The van der Waals surface area contributed by atoms with Crippen LogP contribution in [0.3, 0.4) is 0 Å². The van der Waals surface area contributed by atoms with Crippen molar-refractivity contribution in [3.05, 3.63) is 27.9 Å². The van der Waals surface area contributed by atoms with Crippen LogP contribution in [0, 0.1) is 16.0 Å². The number of nitro groups is 1. The monoisotopic (exact) mass is 292 g/mol. The number of nitrogens with one attached hydrogen (secondary N) is 2. The fourth-order valence-corrected chi connectivity index (χ4v) is 2.40. The van der Waals surface area contributed by atoms with Crippen LogP contribution in [0.1, 0.15) is 43.5 Å². The summed E-state index contributed by atoms with van der Waals surface area (Å²) >= 11 is 0. The zero-order valence-corrected chi connectivity index (χ0v) is 12.3. The second-order valence-electron chi connectivity index (χ2n) is 5.33. The molecule has 1 aromatic rings. The Balaban J connectivity index is 2.19. The minimum atomic E-state index is -0.578. The van der Waals surface area contributed by atoms with Gasteiger partial charge in [-0.05, 0) is 32.6 Å². The number of rotatable bonds is 6. The van der Waals surface area contributed by atoms with Crippen molar-refractivity contribution in [2.45, 2.75) is 39.2 Å². The number of nitrogens with zero attached hydrogens (tertiary/aromatic N) is 2. The average molecular weight is 292 g/mol. The molecule has 1 aromatic heterocycles. The van der Waals surface area contributed by atoms with Crippen LogP contribution in [0.2, 0.25) is 0 Å². The summed E-state index contributed by atoms with van der Waals surface area (Å²) in [5.41, 5.74) is -0.216. The topological polar surface area (TPSA) is 97.2 Å². The normalized spacial score (nSPS) is 15.9. The number of aromatic nitrogens is 1. The van der Waals surface area contributed by atoms with Gasteiger partial charge >= 0.3 is 0 Å². The van der Waals surface area contributed by atoms with Gasteiger partial charge in [0.1, 0.15) is 17.6 Å². The summed E-state index contributed by atoms with van der Waals surface area (Å²) in [5.74, 6) is 0.523. The largest absolute Gasteiger partial charge is 0.370 e. The van der Waals surface area contributed by atoms with Gasteiger partial charge in [0.15, 0.2) is 0 Å². The number of pyridine rings is 1. The average Bonchev–Trinajstić information content (AvgIpc) is 2.36. The molecule has 1 heterocycles. The van der Waals surface area contributed by atoms with E-state index in [0.29, 0.717) is 18.3 Å². The van der Waals surface area contributed by atoms with Gasteiger partial charge in [0.2, 0.25) is 0 Å². The molecule has 7 nitrogen and oxygen atoms in total. The van der Waals surface area contributed by atoms with Crippen LogP contribution in [-0.4, -0.2) is 28.4 Å². The van der Waals surface area contributed by atoms with Crippen LogP contribution in [0.5, 0.6) is 0 Å². The van der Waals surface area contributed by atoms with Crippen LogP contribution in [0.4, 0.5) is 11.5 Å². The van der Waals surface area contributed by atoms with Gasteiger partial charge in [0.25, 0.3) is 11.6 Å². The smallest absolute Gasteiger partial charge is 0.300 e. The minimum absolute atomic E-state index is 0.0293. The van der Waals surface area contributed by atoms with Gasteiger partial charge in [-0.3, -0.25) is 14.9 Å². The Morgan fingerprint density at radius 1 is 1.57 bits per heavy atom. The molecule has 1 unspecified atom stereocenters. The van der Waals surface area contributed by atoms with Crippen LogP contribution >= 0.6 is 0 Å². The van der Waals surface area contributed by atoms with Crippen LogP contribution in [-0.2, 0) is 0 Å². The van der Waals surface area contributed by atoms with E-state index in [4.69, 9.17) is 0 Å². The summed E-state index contributed by atoms with van der Waals surface area (Å²) in [5, 5.41) is 16.9. The molecule has 0 aromatic carbocycles. The molecule has 0 spiro atoms. The van der Waals surface area contributed by atoms with E-state index in [2.05, 4.69) is 15.6 Å². The molecule has 2 N–H and O–H groups in total. The van der Waals surface area contributed by atoms with E-state index in [1.54, 1.807) is 0 Å².